The Morgan fingerprint density at radius 3 is 2.65 bits per heavy atom. The largest absolute Gasteiger partial charge is 0.457 e. The van der Waals surface area contributed by atoms with Crippen LogP contribution in [0.15, 0.2) is 73.1 Å². The highest BCUT2D eigenvalue weighted by atomic mass is 35.5. The average molecular weight is 583 g/mol. The molecule has 0 fully saturated rings. The van der Waals surface area contributed by atoms with Gasteiger partial charge in [-0.05, 0) is 79.7 Å². The number of hydrogen-bond donors (Lipinski definition) is 5. The number of nitrogens with zero attached hydrogens (tertiary/aromatic N) is 1. The third kappa shape index (κ3) is 8.33. The number of carbonyl (C=O) groups excluding carboxylic acids is 1. The molecule has 2 aromatic heterocycles. The van der Waals surface area contributed by atoms with Crippen LogP contribution in [0, 0.1) is 5.82 Å². The zero-order valence-electron chi connectivity index (χ0n) is 21.4. The van der Waals surface area contributed by atoms with Gasteiger partial charge in [-0.1, -0.05) is 18.0 Å². The van der Waals surface area contributed by atoms with Crippen LogP contribution in [0.1, 0.15) is 36.0 Å². The molecule has 40 heavy (non-hydrogen) atoms. The second-order valence-electron chi connectivity index (χ2n) is 9.01. The number of aliphatic hydroxyl groups excluding tert-OH is 2. The third-order valence-corrected chi connectivity index (χ3v) is 6.38. The minimum atomic E-state index is -0.739. The first-order valence-corrected chi connectivity index (χ1v) is 13.4. The van der Waals surface area contributed by atoms with Crippen molar-refractivity contribution in [1.29, 1.82) is 0 Å². The van der Waals surface area contributed by atoms with Gasteiger partial charge in [0.1, 0.15) is 17.3 Å². The molecule has 0 aliphatic heterocycles. The van der Waals surface area contributed by atoms with E-state index in [0.29, 0.717) is 64.8 Å². The van der Waals surface area contributed by atoms with Crippen molar-refractivity contribution in [3.05, 3.63) is 89.5 Å². The number of thiocarbonyl (C=S) groups is 1. The molecule has 11 heteroatoms. The second kappa shape index (κ2) is 14.0. The Balaban J connectivity index is 1.32. The van der Waals surface area contributed by atoms with Crippen molar-refractivity contribution in [3.63, 3.8) is 0 Å². The van der Waals surface area contributed by atoms with Gasteiger partial charge in [-0.3, -0.25) is 9.78 Å². The zero-order chi connectivity index (χ0) is 28.5. The number of aromatic nitrogens is 2. The maximum absolute atomic E-state index is 13.9. The Kier molecular flexibility index (Phi) is 10.2. The van der Waals surface area contributed by atoms with Crippen LogP contribution in [-0.2, 0) is 0 Å². The van der Waals surface area contributed by atoms with Gasteiger partial charge in [0.15, 0.2) is 10.9 Å². The minimum absolute atomic E-state index is 0.00512. The van der Waals surface area contributed by atoms with Crippen LogP contribution in [0.2, 0.25) is 5.02 Å². The minimum Gasteiger partial charge on any atom is -0.457 e. The van der Waals surface area contributed by atoms with Crippen LogP contribution < -0.4 is 15.4 Å². The molecule has 1 unspecified atom stereocenters. The molecule has 208 valence electrons. The Bertz CT molecular complexity index is 1460. The molecule has 0 aliphatic rings. The van der Waals surface area contributed by atoms with Crippen molar-refractivity contribution < 1.29 is 24.1 Å². The Hall–Kier alpha value is -3.83. The summed E-state index contributed by atoms with van der Waals surface area (Å²) in [6.07, 6.45) is 4.65. The highest BCUT2D eigenvalue weighted by Gasteiger charge is 2.12. The number of aromatic amines is 1. The van der Waals surface area contributed by atoms with E-state index in [1.54, 1.807) is 54.9 Å². The maximum Gasteiger partial charge on any atom is 0.175 e. The molecule has 0 bridgehead atoms. The van der Waals surface area contributed by atoms with Crippen LogP contribution in [-0.4, -0.2) is 43.8 Å². The van der Waals surface area contributed by atoms with Crippen molar-refractivity contribution in [2.24, 2.45) is 0 Å². The maximum atomic E-state index is 13.9. The summed E-state index contributed by atoms with van der Waals surface area (Å²) in [5.41, 5.74) is 2.70. The quantitative estimate of drug-likeness (QED) is 0.0723. The van der Waals surface area contributed by atoms with Gasteiger partial charge in [0.05, 0.1) is 29.8 Å². The number of ketones is 1. The molecule has 1 atom stereocenters. The molecule has 4 rings (SSSR count). The summed E-state index contributed by atoms with van der Waals surface area (Å²) in [4.78, 5) is 20.0. The first-order valence-electron chi connectivity index (χ1n) is 12.6. The van der Waals surface area contributed by atoms with Gasteiger partial charge in [0, 0.05) is 41.2 Å². The van der Waals surface area contributed by atoms with E-state index in [1.165, 1.54) is 18.2 Å². The summed E-state index contributed by atoms with van der Waals surface area (Å²) in [5.74, 6) is 0.665. The monoisotopic (exact) mass is 582 g/mol. The molecule has 0 radical (unpaired) electrons. The van der Waals surface area contributed by atoms with Crippen molar-refractivity contribution in [2.45, 2.75) is 31.8 Å². The molecule has 4 aromatic rings. The highest BCUT2D eigenvalue weighted by molar-refractivity contribution is 7.80. The molecule has 0 saturated carbocycles. The Labute approximate surface area is 241 Å². The van der Waals surface area contributed by atoms with Gasteiger partial charge in [-0.25, -0.2) is 4.39 Å². The number of H-pyrrole nitrogens is 1. The molecule has 2 aromatic carbocycles. The van der Waals surface area contributed by atoms with Crippen LogP contribution in [0.25, 0.3) is 11.4 Å². The summed E-state index contributed by atoms with van der Waals surface area (Å²) in [6, 6.07) is 16.5. The van der Waals surface area contributed by atoms with Gasteiger partial charge in [-0.15, -0.1) is 0 Å². The fourth-order valence-electron chi connectivity index (χ4n) is 3.85. The van der Waals surface area contributed by atoms with Crippen LogP contribution in [0.4, 0.5) is 15.8 Å². The molecule has 0 amide bonds. The van der Waals surface area contributed by atoms with E-state index in [2.05, 4.69) is 20.6 Å². The van der Waals surface area contributed by atoms with Gasteiger partial charge in [0.25, 0.3) is 0 Å². The number of unbranched alkanes of at least 4 members (excludes halogenated alkanes) is 1. The fraction of sp³-hybridized carbons (Fsp3) is 0.207. The van der Waals surface area contributed by atoms with Gasteiger partial charge in [-0.2, -0.15) is 0 Å². The number of ether oxygens (including phenoxy) is 1. The number of pyridine rings is 1. The SMILES string of the molecule is O=C(CCCCC(O)CO)c1c[nH]c(-c2cc(Oc3ccc(NC(=S)Nc4cc(Cl)ccc4F)cc3)ccn2)c1. The first-order chi connectivity index (χ1) is 19.3. The van der Waals surface area contributed by atoms with Gasteiger partial charge in [0.2, 0.25) is 0 Å². The predicted molar refractivity (Wildman–Crippen MR) is 158 cm³/mol. The number of rotatable bonds is 12. The number of Topliss-reactive ketones (excluding diaryl/α,β-unsaturated/α-hetero) is 1. The number of carbonyl (C=O) groups is 1. The summed E-state index contributed by atoms with van der Waals surface area (Å²) in [7, 11) is 0. The third-order valence-electron chi connectivity index (χ3n) is 5.94. The molecule has 5 N–H and O–H groups in total. The summed E-state index contributed by atoms with van der Waals surface area (Å²) >= 11 is 11.2. The topological polar surface area (TPSA) is 120 Å². The van der Waals surface area contributed by atoms with E-state index in [9.17, 15) is 14.3 Å². The molecular formula is C29H28ClFN4O4S. The van der Waals surface area contributed by atoms with E-state index in [0.717, 1.165) is 0 Å². The number of halogens is 2. The van der Waals surface area contributed by atoms with E-state index in [1.807, 2.05) is 0 Å². The van der Waals surface area contributed by atoms with Crippen molar-refractivity contribution >= 4 is 46.1 Å². The van der Waals surface area contributed by atoms with Crippen LogP contribution >= 0.6 is 23.8 Å². The lowest BCUT2D eigenvalue weighted by Gasteiger charge is -2.12. The zero-order valence-corrected chi connectivity index (χ0v) is 22.9. The predicted octanol–water partition coefficient (Wildman–Crippen LogP) is 6.57. The number of anilines is 2. The van der Waals surface area contributed by atoms with E-state index >= 15 is 0 Å². The van der Waals surface area contributed by atoms with Crippen molar-refractivity contribution in [2.75, 3.05) is 17.2 Å². The average Bonchev–Trinajstić information content (AvgIpc) is 3.45. The lowest BCUT2D eigenvalue weighted by atomic mass is 10.1. The highest BCUT2D eigenvalue weighted by Crippen LogP contribution is 2.27. The smallest absolute Gasteiger partial charge is 0.175 e. The molecule has 8 nitrogen and oxygen atoms in total. The Morgan fingerprint density at radius 1 is 1.07 bits per heavy atom. The van der Waals surface area contributed by atoms with Gasteiger partial charge < -0.3 is 30.6 Å². The molecule has 0 spiro atoms. The summed E-state index contributed by atoms with van der Waals surface area (Å²) in [6.45, 7) is -0.269. The standard InChI is InChI=1S/C29H28ClFN4O4S/c30-19-5-10-24(31)25(14-19)35-29(40)34-20-6-8-22(9-7-20)39-23-11-12-32-27(15-23)26-13-18(16-33-26)28(38)4-2-1-3-21(37)17-36/h5-16,21,33,36-37H,1-4,17H2,(H2,34,35,40). The number of benzene rings is 2. The number of nitrogens with one attached hydrogen (secondary N) is 3. The lowest BCUT2D eigenvalue weighted by molar-refractivity contribution is 0.0847. The van der Waals surface area contributed by atoms with Crippen LogP contribution in [0.5, 0.6) is 11.5 Å². The van der Waals surface area contributed by atoms with E-state index < -0.39 is 11.9 Å². The van der Waals surface area contributed by atoms with E-state index in [-0.39, 0.29) is 23.2 Å². The van der Waals surface area contributed by atoms with Gasteiger partial charge >= 0.3 is 0 Å². The summed E-state index contributed by atoms with van der Waals surface area (Å²) < 4.78 is 19.9. The number of hydrogen-bond acceptors (Lipinski definition) is 6. The normalized spacial score (nSPS) is 11.6. The molecular weight excluding hydrogens is 555 g/mol. The second-order valence-corrected chi connectivity index (χ2v) is 9.86. The Morgan fingerprint density at radius 2 is 1.88 bits per heavy atom. The lowest BCUT2D eigenvalue weighted by Crippen LogP contribution is -2.19. The van der Waals surface area contributed by atoms with Crippen molar-refractivity contribution in [3.8, 4) is 22.9 Å². The fourth-order valence-corrected chi connectivity index (χ4v) is 4.25. The van der Waals surface area contributed by atoms with E-state index in [4.69, 9.17) is 33.7 Å². The molecule has 0 aliphatic carbocycles. The van der Waals surface area contributed by atoms with Crippen LogP contribution in [0.3, 0.4) is 0 Å². The molecule has 2 heterocycles. The molecule has 0 saturated heterocycles. The summed E-state index contributed by atoms with van der Waals surface area (Å²) in [5, 5.41) is 24.6. The first kappa shape index (κ1) is 29.2. The number of aliphatic hydroxyl groups is 2. The van der Waals surface area contributed by atoms with Crippen molar-refractivity contribution in [1.82, 2.24) is 9.97 Å².